The van der Waals surface area contributed by atoms with Crippen LogP contribution in [-0.2, 0) is 32.7 Å². The molecule has 0 unspecified atom stereocenters. The highest BCUT2D eigenvalue weighted by molar-refractivity contribution is 7.89. The zero-order valence-electron chi connectivity index (χ0n) is 15.4. The van der Waals surface area contributed by atoms with Crippen LogP contribution >= 0.6 is 0 Å². The van der Waals surface area contributed by atoms with E-state index in [2.05, 4.69) is 15.5 Å². The van der Waals surface area contributed by atoms with Crippen molar-refractivity contribution in [2.75, 3.05) is 6.54 Å². The maximum Gasteiger partial charge on any atom is 0.324 e. The van der Waals surface area contributed by atoms with Crippen LogP contribution in [0.15, 0.2) is 29.2 Å². The minimum absolute atomic E-state index is 0.0826. The van der Waals surface area contributed by atoms with Gasteiger partial charge in [0.05, 0.1) is 4.90 Å². The van der Waals surface area contributed by atoms with E-state index >= 15 is 0 Å². The van der Waals surface area contributed by atoms with Gasteiger partial charge in [-0.15, -0.1) is 5.10 Å². The van der Waals surface area contributed by atoms with Crippen LogP contribution in [-0.4, -0.2) is 51.5 Å². The van der Waals surface area contributed by atoms with Gasteiger partial charge in [-0.25, -0.2) is 13.1 Å². The van der Waals surface area contributed by atoms with Crippen LogP contribution in [0, 0.1) is 6.92 Å². The molecule has 2 aromatic rings. The van der Waals surface area contributed by atoms with Crippen LogP contribution in [0.1, 0.15) is 37.6 Å². The number of nitrogens with zero attached hydrogens (tertiary/aromatic N) is 5. The number of ether oxygens (including phenoxy) is 1. The quantitative estimate of drug-likeness (QED) is 0.652. The highest BCUT2D eigenvalue weighted by Gasteiger charge is 2.40. The summed E-state index contributed by atoms with van der Waals surface area (Å²) in [6, 6.07) is 5.77. The smallest absolute Gasteiger partial charge is 0.324 e. The van der Waals surface area contributed by atoms with E-state index in [9.17, 15) is 13.2 Å². The van der Waals surface area contributed by atoms with Crippen LogP contribution < -0.4 is 0 Å². The number of esters is 1. The number of hydrogen-bond donors (Lipinski definition) is 0. The third-order valence-electron chi connectivity index (χ3n) is 4.49. The lowest BCUT2D eigenvalue weighted by molar-refractivity contribution is -0.149. The summed E-state index contributed by atoms with van der Waals surface area (Å²) in [7, 11) is -3.75. The molecular weight excluding hydrogens is 370 g/mol. The Morgan fingerprint density at radius 3 is 2.74 bits per heavy atom. The highest BCUT2D eigenvalue weighted by atomic mass is 32.2. The maximum absolute atomic E-state index is 12.9. The summed E-state index contributed by atoms with van der Waals surface area (Å²) in [5.74, 6) is -0.134. The van der Waals surface area contributed by atoms with Gasteiger partial charge in [0.1, 0.15) is 6.04 Å². The molecule has 10 heteroatoms. The van der Waals surface area contributed by atoms with E-state index in [1.807, 2.05) is 13.8 Å². The summed E-state index contributed by atoms with van der Waals surface area (Å²) >= 11 is 0. The van der Waals surface area contributed by atoms with Crippen molar-refractivity contribution in [3.05, 3.63) is 35.7 Å². The first-order valence-corrected chi connectivity index (χ1v) is 10.4. The summed E-state index contributed by atoms with van der Waals surface area (Å²) in [4.78, 5) is 12.7. The Kier molecular flexibility index (Phi) is 5.85. The summed E-state index contributed by atoms with van der Waals surface area (Å²) in [6.45, 7) is 4.71. The number of tetrazole rings is 1. The van der Waals surface area contributed by atoms with E-state index in [-0.39, 0.29) is 11.5 Å². The van der Waals surface area contributed by atoms with E-state index in [1.54, 1.807) is 28.9 Å². The molecule has 0 radical (unpaired) electrons. The fraction of sp³-hybridized carbons (Fsp3) is 0.529. The lowest BCUT2D eigenvalue weighted by Crippen LogP contribution is -2.41. The average Bonchev–Trinajstić information content (AvgIpc) is 3.30. The van der Waals surface area contributed by atoms with Crippen LogP contribution in [0.2, 0.25) is 0 Å². The molecule has 1 aliphatic heterocycles. The van der Waals surface area contributed by atoms with Gasteiger partial charge in [0.25, 0.3) is 0 Å². The van der Waals surface area contributed by atoms with Gasteiger partial charge in [-0.05, 0) is 48.7 Å². The topological polar surface area (TPSA) is 107 Å². The van der Waals surface area contributed by atoms with Crippen LogP contribution in [0.3, 0.4) is 0 Å². The minimum Gasteiger partial charge on any atom is -0.456 e. The molecule has 0 saturated carbocycles. The van der Waals surface area contributed by atoms with Gasteiger partial charge in [-0.3, -0.25) is 4.79 Å². The number of hydrogen-bond acceptors (Lipinski definition) is 7. The molecule has 2 heterocycles. The number of carbonyl (C=O) groups is 1. The Morgan fingerprint density at radius 2 is 2.04 bits per heavy atom. The van der Waals surface area contributed by atoms with Crippen molar-refractivity contribution in [1.82, 2.24) is 24.5 Å². The zero-order valence-corrected chi connectivity index (χ0v) is 16.2. The second-order valence-corrected chi connectivity index (χ2v) is 8.40. The molecule has 0 N–H and O–H groups in total. The molecule has 146 valence electrons. The van der Waals surface area contributed by atoms with Crippen molar-refractivity contribution in [3.8, 4) is 0 Å². The highest BCUT2D eigenvalue weighted by Crippen LogP contribution is 2.27. The summed E-state index contributed by atoms with van der Waals surface area (Å²) in [5.41, 5.74) is 0.969. The molecular formula is C17H23N5O4S. The molecule has 1 aromatic carbocycles. The largest absolute Gasteiger partial charge is 0.456 e. The average molecular weight is 393 g/mol. The molecule has 1 aromatic heterocycles. The van der Waals surface area contributed by atoms with E-state index in [1.165, 1.54) is 4.31 Å². The normalized spacial score (nSPS) is 17.9. The molecule has 1 fully saturated rings. The van der Waals surface area contributed by atoms with Crippen LogP contribution in [0.5, 0.6) is 0 Å². The van der Waals surface area contributed by atoms with Gasteiger partial charge in [0.2, 0.25) is 10.0 Å². The third kappa shape index (κ3) is 4.16. The fourth-order valence-corrected chi connectivity index (χ4v) is 4.70. The Labute approximate surface area is 158 Å². The molecule has 0 bridgehead atoms. The molecule has 0 aliphatic carbocycles. The van der Waals surface area contributed by atoms with Crippen molar-refractivity contribution < 1.29 is 17.9 Å². The van der Waals surface area contributed by atoms with Gasteiger partial charge in [-0.2, -0.15) is 4.31 Å². The van der Waals surface area contributed by atoms with Crippen LogP contribution in [0.4, 0.5) is 0 Å². The third-order valence-corrected chi connectivity index (χ3v) is 6.41. The monoisotopic (exact) mass is 393 g/mol. The Hall–Kier alpha value is -2.33. The van der Waals surface area contributed by atoms with Crippen molar-refractivity contribution >= 4 is 16.0 Å². The number of carbonyl (C=O) groups excluding carboxylic acids is 1. The van der Waals surface area contributed by atoms with Gasteiger partial charge < -0.3 is 4.74 Å². The van der Waals surface area contributed by atoms with Crippen LogP contribution in [0.25, 0.3) is 0 Å². The molecule has 1 atom stereocenters. The lowest BCUT2D eigenvalue weighted by Gasteiger charge is -2.22. The summed E-state index contributed by atoms with van der Waals surface area (Å²) < 4.78 is 34.0. The molecule has 1 aliphatic rings. The first kappa shape index (κ1) is 19.4. The molecule has 0 amide bonds. The van der Waals surface area contributed by atoms with E-state index < -0.39 is 22.0 Å². The number of rotatable bonds is 7. The first-order valence-electron chi connectivity index (χ1n) is 8.93. The van der Waals surface area contributed by atoms with E-state index in [0.29, 0.717) is 31.8 Å². The predicted molar refractivity (Wildman–Crippen MR) is 96.0 cm³/mol. The van der Waals surface area contributed by atoms with E-state index in [0.717, 1.165) is 12.0 Å². The number of aryl methyl sites for hydroxylation is 2. The lowest BCUT2D eigenvalue weighted by atomic mass is 10.2. The van der Waals surface area contributed by atoms with E-state index in [4.69, 9.17) is 4.74 Å². The fourth-order valence-electron chi connectivity index (χ4n) is 3.05. The first-order chi connectivity index (χ1) is 12.9. The zero-order chi connectivity index (χ0) is 19.4. The predicted octanol–water partition coefficient (Wildman–Crippen LogP) is 1.29. The summed E-state index contributed by atoms with van der Waals surface area (Å²) in [5, 5.41) is 11.3. The molecule has 9 nitrogen and oxygen atoms in total. The minimum atomic E-state index is -3.75. The molecule has 3 rings (SSSR count). The Balaban J connectivity index is 1.70. The Morgan fingerprint density at radius 1 is 1.30 bits per heavy atom. The van der Waals surface area contributed by atoms with Crippen molar-refractivity contribution in [3.63, 3.8) is 0 Å². The van der Waals surface area contributed by atoms with Gasteiger partial charge in [0.15, 0.2) is 12.4 Å². The maximum atomic E-state index is 12.9. The second-order valence-electron chi connectivity index (χ2n) is 6.51. The van der Waals surface area contributed by atoms with Gasteiger partial charge in [0, 0.05) is 13.1 Å². The van der Waals surface area contributed by atoms with Crippen molar-refractivity contribution in [2.45, 2.75) is 57.2 Å². The standard InChI is InChI=1S/C17H23N5O4S/c1-3-10-21-16(18-19-20-21)12-26-17(23)15-5-4-11-22(15)27(24,25)14-8-6-13(2)7-9-14/h6-9,15H,3-5,10-12H2,1-2H3/t15-/m0/s1. The number of sulfonamides is 1. The van der Waals surface area contributed by atoms with Gasteiger partial charge >= 0.3 is 5.97 Å². The molecule has 27 heavy (non-hydrogen) atoms. The second kappa shape index (κ2) is 8.13. The molecule has 0 spiro atoms. The van der Waals surface area contributed by atoms with Crippen molar-refractivity contribution in [1.29, 1.82) is 0 Å². The molecule has 1 saturated heterocycles. The SMILES string of the molecule is CCCn1nnnc1COC(=O)[C@@H]1CCCN1S(=O)(=O)c1ccc(C)cc1. The number of benzene rings is 1. The van der Waals surface area contributed by atoms with Crippen molar-refractivity contribution in [2.24, 2.45) is 0 Å². The number of aromatic nitrogens is 4. The summed E-state index contributed by atoms with van der Waals surface area (Å²) in [6.07, 6.45) is 1.89. The Bertz CT molecular complexity index is 894. The van der Waals surface area contributed by atoms with Gasteiger partial charge in [-0.1, -0.05) is 24.6 Å².